The van der Waals surface area contributed by atoms with Crippen LogP contribution >= 0.6 is 23.4 Å². The lowest BCUT2D eigenvalue weighted by Crippen LogP contribution is -2.19. The quantitative estimate of drug-likeness (QED) is 0.393. The van der Waals surface area contributed by atoms with Gasteiger partial charge < -0.3 is 4.74 Å². The summed E-state index contributed by atoms with van der Waals surface area (Å²) in [5.74, 6) is 2.47. The molecule has 3 aromatic carbocycles. The molecule has 0 fully saturated rings. The van der Waals surface area contributed by atoms with Crippen LogP contribution in [0.1, 0.15) is 11.1 Å². The summed E-state index contributed by atoms with van der Waals surface area (Å²) in [5.41, 5.74) is 4.54. The molecule has 0 aliphatic rings. The van der Waals surface area contributed by atoms with E-state index in [0.29, 0.717) is 10.8 Å². The maximum absolute atomic E-state index is 11.8. The lowest BCUT2D eigenvalue weighted by atomic mass is 10.2. The van der Waals surface area contributed by atoms with Crippen molar-refractivity contribution in [1.29, 1.82) is 0 Å². The van der Waals surface area contributed by atoms with Gasteiger partial charge in [0.1, 0.15) is 11.5 Å². The Hall–Kier alpha value is -2.76. The number of hydrogen-bond donors (Lipinski definition) is 1. The Kier molecular flexibility index (Phi) is 7.53. The highest BCUT2D eigenvalue weighted by Gasteiger charge is 2.01. The number of carbonyl (C=O) groups is 1. The second-order valence-electron chi connectivity index (χ2n) is 5.90. The van der Waals surface area contributed by atoms with Gasteiger partial charge in [0.15, 0.2) is 0 Å². The summed E-state index contributed by atoms with van der Waals surface area (Å²) in [7, 11) is 0. The molecule has 0 atom stereocenters. The normalized spacial score (nSPS) is 10.8. The van der Waals surface area contributed by atoms with Crippen molar-refractivity contribution in [3.63, 3.8) is 0 Å². The fraction of sp³-hybridized carbons (Fsp3) is 0.0909. The van der Waals surface area contributed by atoms with E-state index in [1.54, 1.807) is 6.21 Å². The Morgan fingerprint density at radius 3 is 2.36 bits per heavy atom. The molecule has 0 saturated carbocycles. The monoisotopic (exact) mass is 410 g/mol. The number of hydrogen-bond acceptors (Lipinski definition) is 4. The van der Waals surface area contributed by atoms with Crippen LogP contribution in [0.5, 0.6) is 11.5 Å². The zero-order valence-electron chi connectivity index (χ0n) is 15.0. The van der Waals surface area contributed by atoms with E-state index in [2.05, 4.69) is 10.5 Å². The molecular formula is C22H19ClN2O2S. The average Bonchev–Trinajstić information content (AvgIpc) is 2.72. The molecule has 1 N–H and O–H groups in total. The van der Waals surface area contributed by atoms with E-state index in [1.165, 1.54) is 11.8 Å². The van der Waals surface area contributed by atoms with Gasteiger partial charge in [-0.15, -0.1) is 11.8 Å². The Morgan fingerprint density at radius 2 is 1.64 bits per heavy atom. The van der Waals surface area contributed by atoms with Crippen molar-refractivity contribution in [3.8, 4) is 11.5 Å². The first-order chi connectivity index (χ1) is 13.7. The molecule has 28 heavy (non-hydrogen) atoms. The number of amides is 1. The van der Waals surface area contributed by atoms with Crippen LogP contribution in [0.4, 0.5) is 0 Å². The Balaban J connectivity index is 1.40. The summed E-state index contributed by atoms with van der Waals surface area (Å²) in [5, 5.41) is 4.71. The van der Waals surface area contributed by atoms with Crippen LogP contribution in [-0.4, -0.2) is 17.9 Å². The number of nitrogens with one attached hydrogen (secondary N) is 1. The lowest BCUT2D eigenvalue weighted by Gasteiger charge is -2.05. The standard InChI is InChI=1S/C22H19ClN2O2S/c23-19-10-6-18(7-11-19)15-28-16-22(26)25-24-14-17-8-12-21(13-9-17)27-20-4-2-1-3-5-20/h1-14H,15-16H2,(H,25,26)/b24-14-. The maximum atomic E-state index is 11.8. The van der Waals surface area contributed by atoms with Gasteiger partial charge in [0.25, 0.3) is 0 Å². The molecule has 0 heterocycles. The number of hydrazone groups is 1. The molecule has 0 bridgehead atoms. The van der Waals surface area contributed by atoms with Gasteiger partial charge in [-0.1, -0.05) is 41.9 Å². The predicted molar refractivity (Wildman–Crippen MR) is 116 cm³/mol. The number of thioether (sulfide) groups is 1. The van der Waals surface area contributed by atoms with Crippen molar-refractivity contribution in [2.24, 2.45) is 5.10 Å². The fourth-order valence-corrected chi connectivity index (χ4v) is 3.21. The van der Waals surface area contributed by atoms with Gasteiger partial charge in [0.2, 0.25) is 5.91 Å². The third-order valence-corrected chi connectivity index (χ3v) is 4.93. The van der Waals surface area contributed by atoms with Crippen molar-refractivity contribution in [2.45, 2.75) is 5.75 Å². The summed E-state index contributed by atoms with van der Waals surface area (Å²) in [6.07, 6.45) is 1.61. The van der Waals surface area contributed by atoms with Crippen LogP contribution in [0.25, 0.3) is 0 Å². The molecule has 0 unspecified atom stereocenters. The molecule has 0 saturated heterocycles. The Bertz CT molecular complexity index is 914. The van der Waals surface area contributed by atoms with Gasteiger partial charge in [0.05, 0.1) is 12.0 Å². The molecule has 1 amide bonds. The zero-order chi connectivity index (χ0) is 19.6. The van der Waals surface area contributed by atoms with Crippen molar-refractivity contribution < 1.29 is 9.53 Å². The molecule has 0 radical (unpaired) electrons. The van der Waals surface area contributed by atoms with Gasteiger partial charge in [-0.2, -0.15) is 5.10 Å². The highest BCUT2D eigenvalue weighted by molar-refractivity contribution is 7.99. The summed E-state index contributed by atoms with van der Waals surface area (Å²) < 4.78 is 5.74. The van der Waals surface area contributed by atoms with E-state index >= 15 is 0 Å². The molecule has 0 aliphatic heterocycles. The number of benzene rings is 3. The highest BCUT2D eigenvalue weighted by Crippen LogP contribution is 2.20. The lowest BCUT2D eigenvalue weighted by molar-refractivity contribution is -0.118. The summed E-state index contributed by atoms with van der Waals surface area (Å²) in [6.45, 7) is 0. The SMILES string of the molecule is O=C(CSCc1ccc(Cl)cc1)N/N=C\c1ccc(Oc2ccccc2)cc1. The largest absolute Gasteiger partial charge is 0.457 e. The molecule has 0 spiro atoms. The first-order valence-corrected chi connectivity index (χ1v) is 10.2. The minimum Gasteiger partial charge on any atom is -0.457 e. The first-order valence-electron chi connectivity index (χ1n) is 8.66. The van der Waals surface area contributed by atoms with Crippen LogP contribution in [0, 0.1) is 0 Å². The maximum Gasteiger partial charge on any atom is 0.250 e. The molecule has 6 heteroatoms. The summed E-state index contributed by atoms with van der Waals surface area (Å²) >= 11 is 7.38. The van der Waals surface area contributed by atoms with Gasteiger partial charge in [-0.05, 0) is 59.7 Å². The van der Waals surface area contributed by atoms with Crippen LogP contribution in [0.15, 0.2) is 84.0 Å². The van der Waals surface area contributed by atoms with Crippen molar-refractivity contribution in [3.05, 3.63) is 95.0 Å². The number of nitrogens with zero attached hydrogens (tertiary/aromatic N) is 1. The average molecular weight is 411 g/mol. The molecule has 3 aromatic rings. The number of halogens is 1. The number of para-hydroxylation sites is 1. The zero-order valence-corrected chi connectivity index (χ0v) is 16.6. The Labute approximate surface area is 173 Å². The van der Waals surface area contributed by atoms with Crippen molar-refractivity contribution >= 4 is 35.5 Å². The van der Waals surface area contributed by atoms with E-state index in [-0.39, 0.29) is 5.91 Å². The molecule has 0 aliphatic carbocycles. The highest BCUT2D eigenvalue weighted by atomic mass is 35.5. The van der Waals surface area contributed by atoms with Crippen molar-refractivity contribution in [1.82, 2.24) is 5.43 Å². The molecule has 3 rings (SSSR count). The first kappa shape index (κ1) is 20.0. The molecule has 4 nitrogen and oxygen atoms in total. The van der Waals surface area contributed by atoms with Gasteiger partial charge in [-0.3, -0.25) is 4.79 Å². The van der Waals surface area contributed by atoms with E-state index in [1.807, 2.05) is 78.9 Å². The molecule has 142 valence electrons. The molecule has 0 aromatic heterocycles. The minimum atomic E-state index is -0.140. The third kappa shape index (κ3) is 6.76. The van der Waals surface area contributed by atoms with Crippen LogP contribution < -0.4 is 10.2 Å². The van der Waals surface area contributed by atoms with Crippen LogP contribution in [-0.2, 0) is 10.5 Å². The van der Waals surface area contributed by atoms with E-state index in [4.69, 9.17) is 16.3 Å². The summed E-state index contributed by atoms with van der Waals surface area (Å²) in [6, 6.07) is 24.7. The smallest absolute Gasteiger partial charge is 0.250 e. The number of rotatable bonds is 8. The number of ether oxygens (including phenoxy) is 1. The number of carbonyl (C=O) groups excluding carboxylic acids is 1. The Morgan fingerprint density at radius 1 is 0.964 bits per heavy atom. The topological polar surface area (TPSA) is 50.7 Å². The predicted octanol–water partition coefficient (Wildman–Crippen LogP) is 5.52. The third-order valence-electron chi connectivity index (χ3n) is 3.68. The van der Waals surface area contributed by atoms with E-state index in [0.717, 1.165) is 28.4 Å². The van der Waals surface area contributed by atoms with Crippen LogP contribution in [0.2, 0.25) is 5.02 Å². The second kappa shape index (κ2) is 10.5. The minimum absolute atomic E-state index is 0.140. The van der Waals surface area contributed by atoms with Crippen molar-refractivity contribution in [2.75, 3.05) is 5.75 Å². The molecular weight excluding hydrogens is 392 g/mol. The summed E-state index contributed by atoms with van der Waals surface area (Å²) in [4.78, 5) is 11.8. The van der Waals surface area contributed by atoms with Gasteiger partial charge in [0, 0.05) is 10.8 Å². The van der Waals surface area contributed by atoms with Gasteiger partial charge in [-0.25, -0.2) is 5.43 Å². The van der Waals surface area contributed by atoms with E-state index in [9.17, 15) is 4.79 Å². The fourth-order valence-electron chi connectivity index (χ4n) is 2.30. The van der Waals surface area contributed by atoms with Crippen LogP contribution in [0.3, 0.4) is 0 Å². The van der Waals surface area contributed by atoms with Gasteiger partial charge >= 0.3 is 0 Å². The second-order valence-corrected chi connectivity index (χ2v) is 7.32. The van der Waals surface area contributed by atoms with E-state index < -0.39 is 0 Å².